The molecule has 92 valence electrons. The number of anilines is 1. The Morgan fingerprint density at radius 3 is 2.94 bits per heavy atom. The molecular weight excluding hydrogens is 252 g/mol. The van der Waals surface area contributed by atoms with E-state index in [2.05, 4.69) is 4.98 Å². The van der Waals surface area contributed by atoms with Gasteiger partial charge in [0.15, 0.2) is 0 Å². The molecular formula is C13H11ClN2O2. The summed E-state index contributed by atoms with van der Waals surface area (Å²) in [6.07, 6.45) is 1.22. The fraction of sp³-hybridized carbons (Fsp3) is 0.231. The molecule has 1 unspecified atom stereocenters. The molecule has 3 rings (SSSR count). The lowest BCUT2D eigenvalue weighted by Crippen LogP contribution is -2.25. The zero-order valence-electron chi connectivity index (χ0n) is 9.51. The summed E-state index contributed by atoms with van der Waals surface area (Å²) in [4.78, 5) is 17.7. The molecule has 1 aliphatic rings. The van der Waals surface area contributed by atoms with Crippen molar-refractivity contribution in [3.05, 3.63) is 35.5 Å². The number of amides is 1. The maximum atomic E-state index is 11.8. The van der Waals surface area contributed by atoms with Crippen LogP contribution in [0, 0.1) is 0 Å². The van der Waals surface area contributed by atoms with Gasteiger partial charge in [0.05, 0.1) is 35.3 Å². The van der Waals surface area contributed by atoms with E-state index in [1.807, 2.05) is 6.07 Å². The highest BCUT2D eigenvalue weighted by Gasteiger charge is 2.30. The first-order valence-electron chi connectivity index (χ1n) is 5.68. The van der Waals surface area contributed by atoms with Crippen LogP contribution < -0.4 is 4.90 Å². The van der Waals surface area contributed by atoms with Gasteiger partial charge in [-0.05, 0) is 24.3 Å². The summed E-state index contributed by atoms with van der Waals surface area (Å²) in [6, 6.07) is 7.19. The standard InChI is InChI=1S/C13H11ClN2O2/c14-10-3-4-11(13-9(10)2-1-5-15-13)16-7-8(17)6-12(16)18/h1-5,8,17H,6-7H2. The third-order valence-corrected chi connectivity index (χ3v) is 3.42. The Labute approximate surface area is 109 Å². The van der Waals surface area contributed by atoms with Crippen molar-refractivity contribution >= 4 is 34.1 Å². The molecule has 1 fully saturated rings. The van der Waals surface area contributed by atoms with Crippen LogP contribution in [0.3, 0.4) is 0 Å². The van der Waals surface area contributed by atoms with Crippen molar-refractivity contribution in [2.45, 2.75) is 12.5 Å². The number of aromatic nitrogens is 1. The monoisotopic (exact) mass is 262 g/mol. The molecule has 0 bridgehead atoms. The first kappa shape index (κ1) is 11.4. The van der Waals surface area contributed by atoms with Crippen LogP contribution in [-0.4, -0.2) is 28.6 Å². The molecule has 4 nitrogen and oxygen atoms in total. The van der Waals surface area contributed by atoms with Crippen LogP contribution in [0.2, 0.25) is 5.02 Å². The summed E-state index contributed by atoms with van der Waals surface area (Å²) >= 11 is 6.11. The largest absolute Gasteiger partial charge is 0.391 e. The van der Waals surface area contributed by atoms with Gasteiger partial charge in [0.2, 0.25) is 5.91 Å². The van der Waals surface area contributed by atoms with Crippen molar-refractivity contribution in [3.8, 4) is 0 Å². The lowest BCUT2D eigenvalue weighted by atomic mass is 10.2. The van der Waals surface area contributed by atoms with Crippen molar-refractivity contribution in [2.75, 3.05) is 11.4 Å². The highest BCUT2D eigenvalue weighted by molar-refractivity contribution is 6.36. The van der Waals surface area contributed by atoms with Gasteiger partial charge < -0.3 is 10.0 Å². The van der Waals surface area contributed by atoms with Gasteiger partial charge >= 0.3 is 0 Å². The number of hydrogen-bond acceptors (Lipinski definition) is 3. The number of carbonyl (C=O) groups is 1. The minimum Gasteiger partial charge on any atom is -0.391 e. The highest BCUT2D eigenvalue weighted by atomic mass is 35.5. The number of nitrogens with zero attached hydrogens (tertiary/aromatic N) is 2. The first-order valence-corrected chi connectivity index (χ1v) is 6.06. The minimum atomic E-state index is -0.605. The van der Waals surface area contributed by atoms with E-state index in [0.717, 1.165) is 5.39 Å². The fourth-order valence-corrected chi connectivity index (χ4v) is 2.48. The van der Waals surface area contributed by atoms with E-state index in [1.54, 1.807) is 29.3 Å². The second-order valence-corrected chi connectivity index (χ2v) is 4.74. The van der Waals surface area contributed by atoms with Gasteiger partial charge in [-0.15, -0.1) is 0 Å². The third kappa shape index (κ3) is 1.74. The molecule has 1 N–H and O–H groups in total. The van der Waals surface area contributed by atoms with E-state index < -0.39 is 6.10 Å². The number of fused-ring (bicyclic) bond motifs is 1. The maximum absolute atomic E-state index is 11.8. The van der Waals surface area contributed by atoms with Crippen molar-refractivity contribution in [3.63, 3.8) is 0 Å². The molecule has 1 atom stereocenters. The van der Waals surface area contributed by atoms with Gasteiger partial charge in [0, 0.05) is 11.6 Å². The highest BCUT2D eigenvalue weighted by Crippen LogP contribution is 2.32. The normalized spacial score (nSPS) is 19.8. The molecule has 2 aromatic rings. The van der Waals surface area contributed by atoms with Crippen molar-refractivity contribution < 1.29 is 9.90 Å². The Morgan fingerprint density at radius 2 is 2.22 bits per heavy atom. The number of carbonyl (C=O) groups excluding carboxylic acids is 1. The van der Waals surface area contributed by atoms with E-state index in [1.165, 1.54) is 0 Å². The summed E-state index contributed by atoms with van der Waals surface area (Å²) in [5.41, 5.74) is 1.39. The Bertz CT molecular complexity index is 629. The Morgan fingerprint density at radius 1 is 1.39 bits per heavy atom. The van der Waals surface area contributed by atoms with Crippen molar-refractivity contribution in [2.24, 2.45) is 0 Å². The Hall–Kier alpha value is -1.65. The molecule has 1 aromatic carbocycles. The molecule has 0 radical (unpaired) electrons. The van der Waals surface area contributed by atoms with Crippen LogP contribution in [0.5, 0.6) is 0 Å². The van der Waals surface area contributed by atoms with Crippen molar-refractivity contribution in [1.29, 1.82) is 0 Å². The molecule has 0 spiro atoms. The number of halogens is 1. The summed E-state index contributed by atoms with van der Waals surface area (Å²) in [7, 11) is 0. The average molecular weight is 263 g/mol. The van der Waals surface area contributed by atoms with Gasteiger partial charge in [0.1, 0.15) is 0 Å². The topological polar surface area (TPSA) is 53.4 Å². The maximum Gasteiger partial charge on any atom is 0.229 e. The van der Waals surface area contributed by atoms with Gasteiger partial charge in [-0.1, -0.05) is 11.6 Å². The number of aliphatic hydroxyl groups is 1. The molecule has 1 aliphatic heterocycles. The number of benzene rings is 1. The zero-order chi connectivity index (χ0) is 12.7. The van der Waals surface area contributed by atoms with Crippen LogP contribution in [0.15, 0.2) is 30.5 Å². The van der Waals surface area contributed by atoms with E-state index in [0.29, 0.717) is 22.8 Å². The molecule has 1 amide bonds. The van der Waals surface area contributed by atoms with E-state index in [4.69, 9.17) is 11.6 Å². The van der Waals surface area contributed by atoms with Crippen LogP contribution in [0.4, 0.5) is 5.69 Å². The number of β-amino-alcohol motifs (C(OH)–C–C–N with tert-alkyl or cyclic N) is 1. The second-order valence-electron chi connectivity index (χ2n) is 4.33. The quantitative estimate of drug-likeness (QED) is 0.855. The minimum absolute atomic E-state index is 0.0863. The molecule has 18 heavy (non-hydrogen) atoms. The van der Waals surface area contributed by atoms with E-state index in [9.17, 15) is 9.90 Å². The molecule has 0 saturated carbocycles. The molecule has 1 aromatic heterocycles. The second kappa shape index (κ2) is 4.23. The van der Waals surface area contributed by atoms with Crippen LogP contribution in [-0.2, 0) is 4.79 Å². The summed E-state index contributed by atoms with van der Waals surface area (Å²) in [5.74, 6) is -0.0863. The number of hydrogen-bond donors (Lipinski definition) is 1. The number of rotatable bonds is 1. The first-order chi connectivity index (χ1) is 8.66. The molecule has 0 aliphatic carbocycles. The SMILES string of the molecule is O=C1CC(O)CN1c1ccc(Cl)c2cccnc12. The Kier molecular flexibility index (Phi) is 2.69. The smallest absolute Gasteiger partial charge is 0.229 e. The lowest BCUT2D eigenvalue weighted by Gasteiger charge is -2.17. The fourth-order valence-electron chi connectivity index (χ4n) is 2.26. The molecule has 2 heterocycles. The molecule has 5 heteroatoms. The van der Waals surface area contributed by atoms with Crippen LogP contribution in [0.25, 0.3) is 10.9 Å². The van der Waals surface area contributed by atoms with E-state index >= 15 is 0 Å². The van der Waals surface area contributed by atoms with Gasteiger partial charge in [-0.2, -0.15) is 0 Å². The number of pyridine rings is 1. The summed E-state index contributed by atoms with van der Waals surface area (Å²) in [6.45, 7) is 0.312. The Balaban J connectivity index is 2.18. The van der Waals surface area contributed by atoms with Crippen LogP contribution >= 0.6 is 11.6 Å². The van der Waals surface area contributed by atoms with Gasteiger partial charge in [0.25, 0.3) is 0 Å². The van der Waals surface area contributed by atoms with Crippen molar-refractivity contribution in [1.82, 2.24) is 4.98 Å². The molecule has 1 saturated heterocycles. The average Bonchev–Trinajstić information content (AvgIpc) is 2.69. The lowest BCUT2D eigenvalue weighted by molar-refractivity contribution is -0.117. The predicted octanol–water partition coefficient (Wildman–Crippen LogP) is 1.99. The summed E-state index contributed by atoms with van der Waals surface area (Å²) < 4.78 is 0. The van der Waals surface area contributed by atoms with Crippen LogP contribution in [0.1, 0.15) is 6.42 Å². The zero-order valence-corrected chi connectivity index (χ0v) is 10.3. The van der Waals surface area contributed by atoms with Gasteiger partial charge in [-0.3, -0.25) is 9.78 Å². The van der Waals surface area contributed by atoms with E-state index in [-0.39, 0.29) is 12.3 Å². The third-order valence-electron chi connectivity index (χ3n) is 3.09. The van der Waals surface area contributed by atoms with Gasteiger partial charge in [-0.25, -0.2) is 0 Å². The predicted molar refractivity (Wildman–Crippen MR) is 69.7 cm³/mol. The summed E-state index contributed by atoms with van der Waals surface area (Å²) in [5, 5.41) is 11.0. The number of aliphatic hydroxyl groups excluding tert-OH is 1.